The van der Waals surface area contributed by atoms with Crippen molar-refractivity contribution < 1.29 is 32.7 Å². The van der Waals surface area contributed by atoms with Crippen LogP contribution < -0.4 is 15.6 Å². The van der Waals surface area contributed by atoms with Crippen LogP contribution in [0.2, 0.25) is 0 Å². The van der Waals surface area contributed by atoms with Crippen molar-refractivity contribution in [3.05, 3.63) is 69.3 Å². The highest BCUT2D eigenvalue weighted by Crippen LogP contribution is 2.31. The quantitative estimate of drug-likeness (QED) is 0.212. The fourth-order valence-electron chi connectivity index (χ4n) is 4.01. The minimum absolute atomic E-state index is 0.0437. The van der Waals surface area contributed by atoms with E-state index in [0.717, 1.165) is 17.4 Å². The second-order valence-electron chi connectivity index (χ2n) is 10.1. The van der Waals surface area contributed by atoms with Gasteiger partial charge in [0.2, 0.25) is 17.9 Å². The van der Waals surface area contributed by atoms with Crippen molar-refractivity contribution in [2.75, 3.05) is 0 Å². The van der Waals surface area contributed by atoms with E-state index in [1.807, 2.05) is 0 Å². The Kier molecular flexibility index (Phi) is 8.12. The molecule has 13 heteroatoms. The molecule has 1 aromatic carbocycles. The van der Waals surface area contributed by atoms with E-state index in [2.05, 4.69) is 20.5 Å². The number of ketones is 1. The van der Waals surface area contributed by atoms with Crippen LogP contribution in [0, 0.1) is 18.7 Å². The Morgan fingerprint density at radius 3 is 2.48 bits per heavy atom. The summed E-state index contributed by atoms with van der Waals surface area (Å²) in [4.78, 5) is 56.2. The van der Waals surface area contributed by atoms with Crippen molar-refractivity contribution in [3.8, 4) is 5.75 Å². The van der Waals surface area contributed by atoms with E-state index in [0.29, 0.717) is 5.56 Å². The molecule has 1 N–H and O–H groups in total. The highest BCUT2D eigenvalue weighted by Gasteiger charge is 2.35. The van der Waals surface area contributed by atoms with Crippen molar-refractivity contribution >= 4 is 17.7 Å². The summed E-state index contributed by atoms with van der Waals surface area (Å²) in [5.41, 5.74) is -1.59. The molecule has 12 nitrogen and oxygen atoms in total. The average Bonchev–Trinajstić information content (AvgIpc) is 3.66. The molecule has 1 amide bonds. The summed E-state index contributed by atoms with van der Waals surface area (Å²) in [7, 11) is 1.41. The van der Waals surface area contributed by atoms with Gasteiger partial charge in [0.15, 0.2) is 11.5 Å². The largest absolute Gasteiger partial charge is 0.447 e. The lowest BCUT2D eigenvalue weighted by atomic mass is 10.0. The highest BCUT2D eigenvalue weighted by atomic mass is 19.1. The van der Waals surface area contributed by atoms with Gasteiger partial charge in [0.05, 0.1) is 11.5 Å². The summed E-state index contributed by atoms with van der Waals surface area (Å²) in [6.45, 7) is 6.15. The fourth-order valence-corrected chi connectivity index (χ4v) is 4.01. The van der Waals surface area contributed by atoms with Crippen LogP contribution in [0.3, 0.4) is 0 Å². The van der Waals surface area contributed by atoms with Crippen LogP contribution in [-0.4, -0.2) is 43.7 Å². The minimum atomic E-state index is -1.29. The zero-order valence-electron chi connectivity index (χ0n) is 22.8. The van der Waals surface area contributed by atoms with Gasteiger partial charge in [0.25, 0.3) is 5.56 Å². The number of aryl methyl sites for hydroxylation is 2. The van der Waals surface area contributed by atoms with E-state index in [-0.39, 0.29) is 47.8 Å². The molecule has 4 rings (SSSR count). The fraction of sp³-hybridized carbons (Fsp3) is 0.444. The predicted molar refractivity (Wildman–Crippen MR) is 137 cm³/mol. The van der Waals surface area contributed by atoms with Gasteiger partial charge in [-0.1, -0.05) is 12.1 Å². The standard InChI is InChI=1S/C27H30FN5O7/c1-14-31-32-23(38-14)22(35)30-27(3,4)26-29-20(19(34)13-8-16-6-11-18(28)12-7-16)21(24(36)33(26)5)39-15(2)40-25(37)17-9-10-17/h6-7,11-12,15,17H,8-10,13H2,1-5H3,(H,30,35). The first-order valence-electron chi connectivity index (χ1n) is 12.7. The first kappa shape index (κ1) is 28.6. The topological polar surface area (TPSA) is 156 Å². The van der Waals surface area contributed by atoms with Crippen molar-refractivity contribution in [1.82, 2.24) is 25.1 Å². The number of hydrogen-bond donors (Lipinski definition) is 1. The SMILES string of the molecule is Cc1nnc(C(=O)NC(C)(C)c2nc(C(=O)CCc3ccc(F)cc3)c(OC(C)OC(=O)C3CC3)c(=O)n2C)o1. The van der Waals surface area contributed by atoms with E-state index in [4.69, 9.17) is 13.9 Å². The van der Waals surface area contributed by atoms with Crippen LogP contribution in [0.4, 0.5) is 4.39 Å². The maximum Gasteiger partial charge on any atom is 0.311 e. The Balaban J connectivity index is 1.66. The molecule has 1 saturated carbocycles. The molecule has 0 aliphatic heterocycles. The van der Waals surface area contributed by atoms with Gasteiger partial charge in [-0.2, -0.15) is 0 Å². The monoisotopic (exact) mass is 555 g/mol. The van der Waals surface area contributed by atoms with Gasteiger partial charge < -0.3 is 19.2 Å². The number of amides is 1. The molecule has 1 aliphatic carbocycles. The molecule has 2 aromatic heterocycles. The van der Waals surface area contributed by atoms with Gasteiger partial charge in [0.1, 0.15) is 11.6 Å². The van der Waals surface area contributed by atoms with Crippen molar-refractivity contribution in [2.45, 2.75) is 65.2 Å². The highest BCUT2D eigenvalue weighted by molar-refractivity contribution is 5.97. The van der Waals surface area contributed by atoms with Crippen LogP contribution in [0.15, 0.2) is 33.5 Å². The summed E-state index contributed by atoms with van der Waals surface area (Å²) in [5, 5.41) is 10.0. The number of benzene rings is 1. The number of nitrogens with one attached hydrogen (secondary N) is 1. The predicted octanol–water partition coefficient (Wildman–Crippen LogP) is 2.77. The molecule has 1 unspecified atom stereocenters. The number of hydrogen-bond acceptors (Lipinski definition) is 10. The van der Waals surface area contributed by atoms with E-state index < -0.39 is 40.9 Å². The first-order valence-corrected chi connectivity index (χ1v) is 12.7. The smallest absolute Gasteiger partial charge is 0.311 e. The first-order chi connectivity index (χ1) is 18.9. The van der Waals surface area contributed by atoms with Gasteiger partial charge in [0, 0.05) is 27.3 Å². The molecule has 1 atom stereocenters. The molecule has 212 valence electrons. The molecule has 0 radical (unpaired) electrons. The number of nitrogens with zero attached hydrogens (tertiary/aromatic N) is 4. The molecule has 0 saturated heterocycles. The molecule has 0 spiro atoms. The third-order valence-electron chi connectivity index (χ3n) is 6.25. The second kappa shape index (κ2) is 11.4. The summed E-state index contributed by atoms with van der Waals surface area (Å²) in [6, 6.07) is 5.68. The second-order valence-corrected chi connectivity index (χ2v) is 10.1. The Morgan fingerprint density at radius 1 is 1.20 bits per heavy atom. The van der Waals surface area contributed by atoms with E-state index in [1.165, 1.54) is 33.0 Å². The molecule has 1 aliphatic rings. The molecule has 40 heavy (non-hydrogen) atoms. The summed E-state index contributed by atoms with van der Waals surface area (Å²) in [5.74, 6) is -2.71. The molecule has 2 heterocycles. The van der Waals surface area contributed by atoms with Crippen LogP contribution in [0.1, 0.15) is 78.5 Å². The third kappa shape index (κ3) is 6.58. The number of rotatable bonds is 11. The van der Waals surface area contributed by atoms with Gasteiger partial charge >= 0.3 is 17.8 Å². The number of carbonyl (C=O) groups is 3. The molecular weight excluding hydrogens is 525 g/mol. The van der Waals surface area contributed by atoms with E-state index >= 15 is 0 Å². The molecule has 3 aromatic rings. The van der Waals surface area contributed by atoms with E-state index in [1.54, 1.807) is 26.0 Å². The van der Waals surface area contributed by atoms with Crippen LogP contribution >= 0.6 is 0 Å². The average molecular weight is 556 g/mol. The van der Waals surface area contributed by atoms with Crippen LogP contribution in [-0.2, 0) is 28.5 Å². The maximum absolute atomic E-state index is 13.5. The van der Waals surface area contributed by atoms with Crippen molar-refractivity contribution in [1.29, 1.82) is 0 Å². The third-order valence-corrected chi connectivity index (χ3v) is 6.25. The number of halogens is 1. The molecule has 1 fully saturated rings. The molecule has 0 bridgehead atoms. The minimum Gasteiger partial charge on any atom is -0.447 e. The summed E-state index contributed by atoms with van der Waals surface area (Å²) >= 11 is 0. The van der Waals surface area contributed by atoms with Gasteiger partial charge in [-0.15, -0.1) is 10.2 Å². The Labute approximate surface area is 228 Å². The van der Waals surface area contributed by atoms with Gasteiger partial charge in [-0.25, -0.2) is 9.37 Å². The van der Waals surface area contributed by atoms with Crippen molar-refractivity contribution in [2.24, 2.45) is 13.0 Å². The Morgan fingerprint density at radius 2 is 1.88 bits per heavy atom. The lowest BCUT2D eigenvalue weighted by molar-refractivity contribution is -0.163. The number of ether oxygens (including phenoxy) is 2. The number of esters is 1. The number of carbonyl (C=O) groups excluding carboxylic acids is 3. The Bertz CT molecular complexity index is 1490. The van der Waals surface area contributed by atoms with Crippen molar-refractivity contribution in [3.63, 3.8) is 0 Å². The van der Waals surface area contributed by atoms with E-state index in [9.17, 15) is 23.6 Å². The van der Waals surface area contributed by atoms with Gasteiger partial charge in [-0.05, 0) is 50.8 Å². The normalized spacial score (nSPS) is 13.9. The van der Waals surface area contributed by atoms with Crippen LogP contribution in [0.25, 0.3) is 0 Å². The van der Waals surface area contributed by atoms with Crippen LogP contribution in [0.5, 0.6) is 5.75 Å². The van der Waals surface area contributed by atoms with Gasteiger partial charge in [-0.3, -0.25) is 23.7 Å². The summed E-state index contributed by atoms with van der Waals surface area (Å²) in [6.07, 6.45) is 0.450. The zero-order chi connectivity index (χ0) is 29.2. The lowest BCUT2D eigenvalue weighted by Gasteiger charge is -2.28. The Hall–Kier alpha value is -4.42. The summed E-state index contributed by atoms with van der Waals surface area (Å²) < 4.78 is 30.6. The lowest BCUT2D eigenvalue weighted by Crippen LogP contribution is -2.46. The number of Topliss-reactive ketones (excluding diaryl/α,β-unsaturated/α-hetero) is 1. The number of aromatic nitrogens is 4. The maximum atomic E-state index is 13.5. The zero-order valence-corrected chi connectivity index (χ0v) is 22.8. The molecular formula is C27H30FN5O7.